The van der Waals surface area contributed by atoms with Gasteiger partial charge in [-0.3, -0.25) is 0 Å². The third kappa shape index (κ3) is 4.24. The number of hydrogen-bond donors (Lipinski definition) is 2. The Balaban J connectivity index is 2.06. The van der Waals surface area contributed by atoms with E-state index in [4.69, 9.17) is 16.0 Å². The van der Waals surface area contributed by atoms with Gasteiger partial charge in [-0.25, -0.2) is 13.2 Å². The summed E-state index contributed by atoms with van der Waals surface area (Å²) in [5, 5.41) is 5.31. The van der Waals surface area contributed by atoms with Crippen LogP contribution >= 0.6 is 11.6 Å². The topological polar surface area (TPSA) is 88.4 Å². The van der Waals surface area contributed by atoms with Crippen molar-refractivity contribution < 1.29 is 17.6 Å². The van der Waals surface area contributed by atoms with Crippen molar-refractivity contribution in [2.24, 2.45) is 0 Å². The summed E-state index contributed by atoms with van der Waals surface area (Å²) in [5.41, 5.74) is 0.219. The van der Waals surface area contributed by atoms with Gasteiger partial charge in [-0.2, -0.15) is 0 Å². The summed E-state index contributed by atoms with van der Waals surface area (Å²) in [6, 6.07) is 7.02. The van der Waals surface area contributed by atoms with Crippen LogP contribution in [0.2, 0.25) is 5.02 Å². The molecule has 8 heteroatoms. The molecule has 1 aromatic heterocycles. The molecule has 0 radical (unpaired) electrons. The molecule has 1 aromatic carbocycles. The van der Waals surface area contributed by atoms with E-state index in [9.17, 15) is 13.2 Å². The lowest BCUT2D eigenvalue weighted by molar-refractivity contribution is 0.251. The molecule has 0 aliphatic heterocycles. The molecule has 0 saturated carbocycles. The van der Waals surface area contributed by atoms with Crippen LogP contribution < -0.4 is 10.6 Å². The highest BCUT2D eigenvalue weighted by atomic mass is 35.5. The first kappa shape index (κ1) is 15.4. The lowest BCUT2D eigenvalue weighted by Gasteiger charge is -2.09. The molecule has 0 saturated heterocycles. The number of anilines is 1. The number of carbonyl (C=O) groups is 1. The highest BCUT2D eigenvalue weighted by molar-refractivity contribution is 7.90. The van der Waals surface area contributed by atoms with Crippen LogP contribution in [0.15, 0.2) is 45.9 Å². The number of furan rings is 1. The first-order valence-corrected chi connectivity index (χ1v) is 8.20. The number of halogens is 1. The van der Waals surface area contributed by atoms with Crippen molar-refractivity contribution >= 4 is 33.2 Å². The zero-order valence-corrected chi connectivity index (χ0v) is 12.7. The predicted octanol–water partition coefficient (Wildman–Crippen LogP) is 2.66. The molecule has 2 aromatic rings. The molecule has 2 rings (SSSR count). The van der Waals surface area contributed by atoms with Crippen LogP contribution in [0.25, 0.3) is 0 Å². The van der Waals surface area contributed by atoms with E-state index >= 15 is 0 Å². The van der Waals surface area contributed by atoms with Crippen molar-refractivity contribution in [1.29, 1.82) is 0 Å². The van der Waals surface area contributed by atoms with Crippen LogP contribution in [0, 0.1) is 0 Å². The summed E-state index contributed by atoms with van der Waals surface area (Å²) in [6.45, 7) is 0.211. The van der Waals surface area contributed by atoms with Gasteiger partial charge in [0.25, 0.3) is 0 Å². The van der Waals surface area contributed by atoms with E-state index < -0.39 is 15.9 Å². The van der Waals surface area contributed by atoms with Gasteiger partial charge in [0, 0.05) is 6.26 Å². The minimum atomic E-state index is -3.37. The Morgan fingerprint density at radius 3 is 2.71 bits per heavy atom. The van der Waals surface area contributed by atoms with Crippen molar-refractivity contribution in [3.05, 3.63) is 47.4 Å². The van der Waals surface area contributed by atoms with Crippen molar-refractivity contribution in [2.75, 3.05) is 11.6 Å². The van der Waals surface area contributed by atoms with Gasteiger partial charge in [0.2, 0.25) is 0 Å². The number of amides is 2. The summed E-state index contributed by atoms with van der Waals surface area (Å²) < 4.78 is 28.0. The van der Waals surface area contributed by atoms with Crippen LogP contribution in [0.4, 0.5) is 10.5 Å². The predicted molar refractivity (Wildman–Crippen MR) is 79.1 cm³/mol. The van der Waals surface area contributed by atoms with Gasteiger partial charge in [0.1, 0.15) is 5.76 Å². The van der Waals surface area contributed by atoms with Gasteiger partial charge in [0.15, 0.2) is 9.84 Å². The van der Waals surface area contributed by atoms with E-state index in [2.05, 4.69) is 10.6 Å². The number of sulfone groups is 1. The molecular formula is C13H13ClN2O4S. The molecule has 1 heterocycles. The Morgan fingerprint density at radius 2 is 2.10 bits per heavy atom. The first-order valence-electron chi connectivity index (χ1n) is 5.93. The van der Waals surface area contributed by atoms with Gasteiger partial charge in [0.05, 0.1) is 28.4 Å². The fourth-order valence-corrected chi connectivity index (χ4v) is 2.39. The van der Waals surface area contributed by atoms with E-state index in [1.54, 1.807) is 12.1 Å². The molecule has 2 amide bonds. The number of benzene rings is 1. The average Bonchev–Trinajstić information content (AvgIpc) is 2.91. The minimum absolute atomic E-state index is 0.0771. The molecule has 2 N–H and O–H groups in total. The summed E-state index contributed by atoms with van der Waals surface area (Å²) >= 11 is 5.93. The quantitative estimate of drug-likeness (QED) is 0.903. The third-order valence-corrected chi connectivity index (χ3v) is 4.06. The van der Waals surface area contributed by atoms with Crippen molar-refractivity contribution in [1.82, 2.24) is 5.32 Å². The van der Waals surface area contributed by atoms with E-state index in [-0.39, 0.29) is 22.2 Å². The Morgan fingerprint density at radius 1 is 1.33 bits per heavy atom. The van der Waals surface area contributed by atoms with Crippen LogP contribution in [0.1, 0.15) is 5.76 Å². The average molecular weight is 329 g/mol. The van der Waals surface area contributed by atoms with Crippen LogP contribution in [-0.4, -0.2) is 20.7 Å². The zero-order valence-electron chi connectivity index (χ0n) is 11.1. The van der Waals surface area contributed by atoms with Crippen LogP contribution in [0.5, 0.6) is 0 Å². The second-order valence-corrected chi connectivity index (χ2v) is 6.72. The maximum absolute atomic E-state index is 11.7. The summed E-state index contributed by atoms with van der Waals surface area (Å²) in [5.74, 6) is 0.598. The normalized spacial score (nSPS) is 11.1. The van der Waals surface area contributed by atoms with Gasteiger partial charge >= 0.3 is 6.03 Å². The molecule has 0 fully saturated rings. The van der Waals surface area contributed by atoms with E-state index in [0.29, 0.717) is 5.76 Å². The Hall–Kier alpha value is -1.99. The Labute approximate surface area is 127 Å². The van der Waals surface area contributed by atoms with Gasteiger partial charge in [-0.1, -0.05) is 11.6 Å². The standard InChI is InChI=1S/C13H13ClN2O4S/c1-21(18,19)10-4-5-11(14)12(7-10)16-13(17)15-8-9-3-2-6-20-9/h2-7H,8H2,1H3,(H2,15,16,17). The van der Waals surface area contributed by atoms with Crippen LogP contribution in [-0.2, 0) is 16.4 Å². The van der Waals surface area contributed by atoms with Crippen LogP contribution in [0.3, 0.4) is 0 Å². The number of rotatable bonds is 4. The largest absolute Gasteiger partial charge is 0.467 e. The molecule has 112 valence electrons. The SMILES string of the molecule is CS(=O)(=O)c1ccc(Cl)c(NC(=O)NCc2ccco2)c1. The number of nitrogens with one attached hydrogen (secondary N) is 2. The molecule has 0 atom stereocenters. The molecular weight excluding hydrogens is 316 g/mol. The van der Waals surface area contributed by atoms with Gasteiger partial charge in [-0.15, -0.1) is 0 Å². The summed E-state index contributed by atoms with van der Waals surface area (Å²) in [7, 11) is -3.37. The molecule has 0 bridgehead atoms. The highest BCUT2D eigenvalue weighted by Crippen LogP contribution is 2.25. The Bertz CT molecular complexity index is 742. The van der Waals surface area contributed by atoms with Gasteiger partial charge < -0.3 is 15.1 Å². The van der Waals surface area contributed by atoms with Crippen molar-refractivity contribution in [2.45, 2.75) is 11.4 Å². The van der Waals surface area contributed by atoms with E-state index in [0.717, 1.165) is 6.26 Å². The Kier molecular flexibility index (Phi) is 4.54. The maximum atomic E-state index is 11.7. The van der Waals surface area contributed by atoms with Crippen molar-refractivity contribution in [3.63, 3.8) is 0 Å². The summed E-state index contributed by atoms with van der Waals surface area (Å²) in [6.07, 6.45) is 2.58. The lowest BCUT2D eigenvalue weighted by atomic mass is 10.3. The smallest absolute Gasteiger partial charge is 0.319 e. The van der Waals surface area contributed by atoms with E-state index in [1.807, 2.05) is 0 Å². The molecule has 0 aliphatic rings. The fraction of sp³-hybridized carbons (Fsp3) is 0.154. The molecule has 6 nitrogen and oxygen atoms in total. The maximum Gasteiger partial charge on any atom is 0.319 e. The monoisotopic (exact) mass is 328 g/mol. The number of hydrogen-bond acceptors (Lipinski definition) is 4. The molecule has 0 unspecified atom stereocenters. The lowest BCUT2D eigenvalue weighted by Crippen LogP contribution is -2.28. The highest BCUT2D eigenvalue weighted by Gasteiger charge is 2.12. The summed E-state index contributed by atoms with van der Waals surface area (Å²) in [4.78, 5) is 11.8. The first-order chi connectivity index (χ1) is 9.86. The molecule has 0 aliphatic carbocycles. The molecule has 21 heavy (non-hydrogen) atoms. The molecule has 0 spiro atoms. The van der Waals surface area contributed by atoms with Crippen molar-refractivity contribution in [3.8, 4) is 0 Å². The number of urea groups is 1. The minimum Gasteiger partial charge on any atom is -0.467 e. The number of carbonyl (C=O) groups excluding carboxylic acids is 1. The van der Waals surface area contributed by atoms with Gasteiger partial charge in [-0.05, 0) is 30.3 Å². The zero-order chi connectivity index (χ0) is 15.5. The fourth-order valence-electron chi connectivity index (χ4n) is 1.58. The van der Waals surface area contributed by atoms with E-state index in [1.165, 1.54) is 24.5 Å². The third-order valence-electron chi connectivity index (χ3n) is 2.62. The second kappa shape index (κ2) is 6.19. The second-order valence-electron chi connectivity index (χ2n) is 4.30.